The summed E-state index contributed by atoms with van der Waals surface area (Å²) in [5.74, 6) is -1.26. The first kappa shape index (κ1) is 19.7. The second-order valence-corrected chi connectivity index (χ2v) is 7.00. The van der Waals surface area contributed by atoms with Crippen molar-refractivity contribution in [3.05, 3.63) is 62.0 Å². The molecular weight excluding hydrogens is 408 g/mol. The number of nitrogens with zero attached hydrogens (tertiary/aromatic N) is 2. The standard InChI is InChI=1S/C18H13ClN2O6S/c1-2-27-14-7-10(6-13(16(14)22)21(25)26)8-15-17(23)20(18(24)28-15)12-5-3-4-11(19)9-12/h3-9,22H,2H2,1H3/b15-8+. The van der Waals surface area contributed by atoms with Crippen LogP contribution in [0.4, 0.5) is 16.2 Å². The molecule has 0 spiro atoms. The zero-order chi connectivity index (χ0) is 20.4. The van der Waals surface area contributed by atoms with Crippen molar-refractivity contribution in [2.45, 2.75) is 6.92 Å². The highest BCUT2D eigenvalue weighted by Crippen LogP contribution is 2.40. The number of imide groups is 1. The van der Waals surface area contributed by atoms with Crippen LogP contribution in [0.15, 0.2) is 41.3 Å². The van der Waals surface area contributed by atoms with Crippen molar-refractivity contribution < 1.29 is 24.4 Å². The Morgan fingerprint density at radius 1 is 1.32 bits per heavy atom. The van der Waals surface area contributed by atoms with E-state index in [1.54, 1.807) is 25.1 Å². The van der Waals surface area contributed by atoms with Crippen molar-refractivity contribution in [1.29, 1.82) is 0 Å². The van der Waals surface area contributed by atoms with Crippen molar-refractivity contribution in [3.8, 4) is 11.5 Å². The fourth-order valence-corrected chi connectivity index (χ4v) is 3.58. The Labute approximate surface area is 168 Å². The molecule has 0 atom stereocenters. The van der Waals surface area contributed by atoms with Gasteiger partial charge < -0.3 is 9.84 Å². The van der Waals surface area contributed by atoms with Crippen LogP contribution in [-0.2, 0) is 4.79 Å². The van der Waals surface area contributed by atoms with Crippen LogP contribution in [0.1, 0.15) is 12.5 Å². The first-order valence-corrected chi connectivity index (χ1v) is 9.19. The number of carbonyl (C=O) groups is 2. The van der Waals surface area contributed by atoms with E-state index in [2.05, 4.69) is 0 Å². The average molecular weight is 421 g/mol. The van der Waals surface area contributed by atoms with E-state index in [0.717, 1.165) is 11.0 Å². The summed E-state index contributed by atoms with van der Waals surface area (Å²) in [4.78, 5) is 36.5. The molecule has 0 unspecified atom stereocenters. The van der Waals surface area contributed by atoms with Gasteiger partial charge in [0, 0.05) is 11.1 Å². The van der Waals surface area contributed by atoms with Gasteiger partial charge in [0.25, 0.3) is 11.1 Å². The number of thioether (sulfide) groups is 1. The molecule has 2 amide bonds. The van der Waals surface area contributed by atoms with Crippen LogP contribution < -0.4 is 9.64 Å². The zero-order valence-corrected chi connectivity index (χ0v) is 16.0. The quantitative estimate of drug-likeness (QED) is 0.427. The normalized spacial score (nSPS) is 15.4. The van der Waals surface area contributed by atoms with Crippen molar-refractivity contribution in [3.63, 3.8) is 0 Å². The summed E-state index contributed by atoms with van der Waals surface area (Å²) in [6.07, 6.45) is 1.34. The van der Waals surface area contributed by atoms with E-state index in [0.29, 0.717) is 22.5 Å². The van der Waals surface area contributed by atoms with Gasteiger partial charge in [-0.05, 0) is 54.6 Å². The highest BCUT2D eigenvalue weighted by atomic mass is 35.5. The van der Waals surface area contributed by atoms with E-state index < -0.39 is 27.5 Å². The molecule has 1 aliphatic rings. The summed E-state index contributed by atoms with van der Waals surface area (Å²) in [6.45, 7) is 1.84. The largest absolute Gasteiger partial charge is 0.500 e. The molecule has 144 valence electrons. The lowest BCUT2D eigenvalue weighted by Gasteiger charge is -2.12. The topological polar surface area (TPSA) is 110 Å². The molecule has 0 saturated carbocycles. The van der Waals surface area contributed by atoms with Gasteiger partial charge in [-0.1, -0.05) is 17.7 Å². The van der Waals surface area contributed by atoms with Gasteiger partial charge in [-0.3, -0.25) is 19.7 Å². The summed E-state index contributed by atoms with van der Waals surface area (Å²) in [7, 11) is 0. The Hall–Kier alpha value is -3.04. The minimum atomic E-state index is -0.757. The van der Waals surface area contributed by atoms with Crippen molar-refractivity contribution in [1.82, 2.24) is 0 Å². The number of nitro groups is 1. The fraction of sp³-hybridized carbons (Fsp3) is 0.111. The lowest BCUT2D eigenvalue weighted by molar-refractivity contribution is -0.386. The minimum Gasteiger partial charge on any atom is -0.500 e. The molecule has 1 saturated heterocycles. The maximum atomic E-state index is 12.7. The van der Waals surface area contributed by atoms with Crippen LogP contribution in [0, 0.1) is 10.1 Å². The van der Waals surface area contributed by atoms with Crippen molar-refractivity contribution in [2.24, 2.45) is 0 Å². The lowest BCUT2D eigenvalue weighted by Crippen LogP contribution is -2.27. The van der Waals surface area contributed by atoms with Gasteiger partial charge in [-0.2, -0.15) is 0 Å². The predicted molar refractivity (Wildman–Crippen MR) is 106 cm³/mol. The summed E-state index contributed by atoms with van der Waals surface area (Å²) in [5.41, 5.74) is 0.000839. The second-order valence-electron chi connectivity index (χ2n) is 5.57. The zero-order valence-electron chi connectivity index (χ0n) is 14.4. The number of hydrogen-bond donors (Lipinski definition) is 1. The number of hydrogen-bond acceptors (Lipinski definition) is 7. The third kappa shape index (κ3) is 3.80. The number of anilines is 1. The summed E-state index contributed by atoms with van der Waals surface area (Å²) in [5, 5.41) is 21.0. The average Bonchev–Trinajstić information content (AvgIpc) is 2.91. The summed E-state index contributed by atoms with van der Waals surface area (Å²) < 4.78 is 5.22. The highest BCUT2D eigenvalue weighted by Gasteiger charge is 2.36. The molecule has 2 aromatic rings. The van der Waals surface area contributed by atoms with E-state index in [9.17, 15) is 24.8 Å². The molecule has 1 fully saturated rings. The number of amides is 2. The maximum absolute atomic E-state index is 12.7. The number of carbonyl (C=O) groups excluding carboxylic acids is 2. The van der Waals surface area contributed by atoms with E-state index in [4.69, 9.17) is 16.3 Å². The van der Waals surface area contributed by atoms with Crippen LogP contribution in [0.3, 0.4) is 0 Å². The van der Waals surface area contributed by atoms with E-state index in [1.807, 2.05) is 0 Å². The number of halogens is 1. The number of phenols is 1. The predicted octanol–water partition coefficient (Wildman–Crippen LogP) is 4.59. The third-order valence-electron chi connectivity index (χ3n) is 3.73. The van der Waals surface area contributed by atoms with Crippen LogP contribution >= 0.6 is 23.4 Å². The first-order chi connectivity index (χ1) is 13.3. The molecule has 3 rings (SSSR count). The second kappa shape index (κ2) is 7.91. The van der Waals surface area contributed by atoms with Gasteiger partial charge in [-0.15, -0.1) is 0 Å². The SMILES string of the molecule is CCOc1cc(/C=C2/SC(=O)N(c3cccc(Cl)c3)C2=O)cc([N+](=O)[O-])c1O. The molecule has 2 aromatic carbocycles. The number of nitro benzene ring substituents is 1. The van der Waals surface area contributed by atoms with Gasteiger partial charge >= 0.3 is 5.69 Å². The molecule has 0 aromatic heterocycles. The molecule has 0 bridgehead atoms. The molecule has 10 heteroatoms. The van der Waals surface area contributed by atoms with Gasteiger partial charge in [0.2, 0.25) is 5.75 Å². The third-order valence-corrected chi connectivity index (χ3v) is 4.84. The molecule has 0 radical (unpaired) electrons. The molecule has 28 heavy (non-hydrogen) atoms. The van der Waals surface area contributed by atoms with E-state index >= 15 is 0 Å². The van der Waals surface area contributed by atoms with E-state index in [1.165, 1.54) is 18.2 Å². The Bertz CT molecular complexity index is 1020. The Morgan fingerprint density at radius 2 is 2.07 bits per heavy atom. The van der Waals surface area contributed by atoms with Gasteiger partial charge in [0.1, 0.15) is 0 Å². The number of rotatable bonds is 5. The number of aromatic hydroxyl groups is 1. The molecule has 1 heterocycles. The molecule has 1 N–H and O–H groups in total. The lowest BCUT2D eigenvalue weighted by atomic mass is 10.1. The van der Waals surface area contributed by atoms with Gasteiger partial charge in [0.05, 0.1) is 22.1 Å². The van der Waals surface area contributed by atoms with Crippen LogP contribution in [0.5, 0.6) is 11.5 Å². The first-order valence-electron chi connectivity index (χ1n) is 7.99. The Balaban J connectivity index is 2.01. The monoisotopic (exact) mass is 420 g/mol. The molecule has 1 aliphatic heterocycles. The van der Waals surface area contributed by atoms with Crippen LogP contribution in [0.25, 0.3) is 6.08 Å². The van der Waals surface area contributed by atoms with Crippen LogP contribution in [0.2, 0.25) is 5.02 Å². The maximum Gasteiger partial charge on any atom is 0.315 e. The van der Waals surface area contributed by atoms with Crippen molar-refractivity contribution >= 4 is 52.0 Å². The van der Waals surface area contributed by atoms with Gasteiger partial charge in [-0.25, -0.2) is 4.90 Å². The molecular formula is C18H13ClN2O6S. The Kier molecular flexibility index (Phi) is 5.57. The Morgan fingerprint density at radius 3 is 2.71 bits per heavy atom. The van der Waals surface area contributed by atoms with Crippen molar-refractivity contribution in [2.75, 3.05) is 11.5 Å². The fourth-order valence-electron chi connectivity index (χ4n) is 2.56. The molecule has 0 aliphatic carbocycles. The number of benzene rings is 2. The number of ether oxygens (including phenoxy) is 1. The summed E-state index contributed by atoms with van der Waals surface area (Å²) >= 11 is 6.62. The van der Waals surface area contributed by atoms with E-state index in [-0.39, 0.29) is 22.8 Å². The number of phenolic OH excluding ortho intramolecular Hbond substituents is 1. The summed E-state index contributed by atoms with van der Waals surface area (Å²) in [6, 6.07) is 8.75. The molecule has 8 nitrogen and oxygen atoms in total. The highest BCUT2D eigenvalue weighted by molar-refractivity contribution is 8.19. The van der Waals surface area contributed by atoms with Crippen LogP contribution in [-0.4, -0.2) is 27.8 Å². The van der Waals surface area contributed by atoms with Gasteiger partial charge in [0.15, 0.2) is 5.75 Å². The minimum absolute atomic E-state index is 0.0763. The smallest absolute Gasteiger partial charge is 0.315 e.